The van der Waals surface area contributed by atoms with Gasteiger partial charge in [0.25, 0.3) is 15.6 Å². The van der Waals surface area contributed by atoms with Gasteiger partial charge in [0.15, 0.2) is 0 Å². The summed E-state index contributed by atoms with van der Waals surface area (Å²) in [7, 11) is -4.21. The lowest BCUT2D eigenvalue weighted by molar-refractivity contribution is -0.191. The van der Waals surface area contributed by atoms with Crippen LogP contribution in [0.5, 0.6) is 0 Å². The van der Waals surface area contributed by atoms with Gasteiger partial charge in [0.2, 0.25) is 47.0 Å². The number of pyridine rings is 2. The topological polar surface area (TPSA) is 604 Å². The van der Waals surface area contributed by atoms with E-state index in [1.165, 1.54) is 72.8 Å². The van der Waals surface area contributed by atoms with Gasteiger partial charge in [-0.3, -0.25) is 62.9 Å². The number of carbonyl (C=O) groups excluding carboxylic acids is 12. The lowest BCUT2D eigenvalue weighted by atomic mass is 9.85. The van der Waals surface area contributed by atoms with Crippen LogP contribution in [0.3, 0.4) is 0 Å². The number of hydrogen-bond donors (Lipinski definition) is 17. The number of likely N-dealkylation sites (tertiary alicyclic amines) is 1. The number of amides is 13. The van der Waals surface area contributed by atoms with Crippen molar-refractivity contribution in [1.29, 1.82) is 0 Å². The van der Waals surface area contributed by atoms with Crippen LogP contribution in [0.1, 0.15) is 139 Å². The number of para-hydroxylation sites is 1. The maximum atomic E-state index is 14.5. The summed E-state index contributed by atoms with van der Waals surface area (Å²) < 4.78 is 58.9. The van der Waals surface area contributed by atoms with Crippen LogP contribution in [0.4, 0.5) is 37.1 Å². The number of carbonyl (C=O) groups is 15. The number of aromatic nitrogens is 2. The van der Waals surface area contributed by atoms with Crippen LogP contribution < -0.4 is 79.0 Å². The number of benzene rings is 4. The van der Waals surface area contributed by atoms with Crippen LogP contribution in [-0.2, 0) is 116 Å². The van der Waals surface area contributed by atoms with E-state index in [2.05, 4.69) is 73.5 Å². The van der Waals surface area contributed by atoms with Gasteiger partial charge < -0.3 is 107 Å². The van der Waals surface area contributed by atoms with Crippen molar-refractivity contribution in [2.24, 2.45) is 11.8 Å². The van der Waals surface area contributed by atoms with Crippen molar-refractivity contribution in [3.63, 3.8) is 0 Å². The second kappa shape index (κ2) is 49.4. The van der Waals surface area contributed by atoms with Gasteiger partial charge in [-0.1, -0.05) is 83.0 Å². The smallest absolute Gasteiger partial charge is 0.355 e. The lowest BCUT2D eigenvalue weighted by Gasteiger charge is -2.37. The normalized spacial score (nSPS) is 15.1. The number of nitrogens with one attached hydrogen (secondary N) is 14. The Morgan fingerprint density at radius 3 is 1.95 bits per heavy atom. The molecule has 45 heteroatoms. The molecule has 1 fully saturated rings. The second-order valence-corrected chi connectivity index (χ2v) is 33.4. The third kappa shape index (κ3) is 29.6. The number of rotatable bonds is 51. The zero-order valence-corrected chi connectivity index (χ0v) is 74.4. The molecule has 0 radical (unpaired) electrons. The summed E-state index contributed by atoms with van der Waals surface area (Å²) in [4.78, 5) is 217. The van der Waals surface area contributed by atoms with Crippen molar-refractivity contribution in [1.82, 2.24) is 67.2 Å². The Morgan fingerprint density at radius 1 is 0.626 bits per heavy atom. The Balaban J connectivity index is 0.582. The highest BCUT2D eigenvalue weighted by Crippen LogP contribution is 2.43. The molecule has 4 aromatic carbocycles. The van der Waals surface area contributed by atoms with Gasteiger partial charge in [-0.2, -0.15) is 4.83 Å². The fourth-order valence-electron chi connectivity index (χ4n) is 14.5. The van der Waals surface area contributed by atoms with E-state index in [-0.39, 0.29) is 162 Å². The molecule has 1 saturated heterocycles. The largest absolute Gasteiger partial charge is 0.481 e. The van der Waals surface area contributed by atoms with Crippen LogP contribution in [0.15, 0.2) is 113 Å². The molecule has 6 aromatic rings. The van der Waals surface area contributed by atoms with Crippen molar-refractivity contribution >= 4 is 145 Å². The maximum absolute atomic E-state index is 14.5. The molecule has 0 saturated carbocycles. The predicted molar refractivity (Wildman–Crippen MR) is 475 cm³/mol. The number of esters is 2. The zero-order valence-electron chi connectivity index (χ0n) is 72.8. The van der Waals surface area contributed by atoms with Gasteiger partial charge in [0, 0.05) is 97.0 Å². The molecule has 3 aliphatic rings. The van der Waals surface area contributed by atoms with Crippen molar-refractivity contribution in [3.8, 4) is 11.4 Å². The molecule has 131 heavy (non-hydrogen) atoms. The molecular formula is C86H109N17O26S2. The van der Waals surface area contributed by atoms with Crippen molar-refractivity contribution < 1.29 is 119 Å². The fourth-order valence-corrected chi connectivity index (χ4v) is 16.3. The number of hydrazine groups is 1. The Bertz CT molecular complexity index is 5350. The Morgan fingerprint density at radius 2 is 1.27 bits per heavy atom. The summed E-state index contributed by atoms with van der Waals surface area (Å²) in [5, 5.41) is 58.1. The van der Waals surface area contributed by atoms with Gasteiger partial charge in [-0.25, -0.2) is 37.4 Å². The quantitative estimate of drug-likeness (QED) is 0.0110. The molecule has 706 valence electrons. The first-order chi connectivity index (χ1) is 62.7. The third-order valence-electron chi connectivity index (χ3n) is 21.0. The van der Waals surface area contributed by atoms with E-state index in [0.29, 0.717) is 42.9 Å². The fraction of sp³-hybridized carbons (Fsp3) is 0.453. The summed E-state index contributed by atoms with van der Waals surface area (Å²) >= 11 is 0.819. The van der Waals surface area contributed by atoms with E-state index in [0.717, 1.165) is 38.9 Å². The molecule has 2 aromatic heterocycles. The third-order valence-corrected chi connectivity index (χ3v) is 23.2. The highest BCUT2D eigenvalue weighted by atomic mass is 32.2. The molecule has 6 atom stereocenters. The van der Waals surface area contributed by atoms with E-state index >= 15 is 0 Å². The number of anilines is 4. The number of ether oxygens (including phenoxy) is 5. The Labute approximate surface area is 757 Å². The number of hydrogen-bond acceptors (Lipinski definition) is 26. The van der Waals surface area contributed by atoms with Crippen molar-refractivity contribution in [2.45, 2.75) is 159 Å². The second-order valence-electron chi connectivity index (χ2n) is 30.9. The lowest BCUT2D eigenvalue weighted by Crippen LogP contribution is -2.57. The molecule has 43 nitrogen and oxygen atoms in total. The van der Waals surface area contributed by atoms with E-state index in [4.69, 9.17) is 28.7 Å². The highest BCUT2D eigenvalue weighted by molar-refractivity contribution is 7.97. The zero-order chi connectivity index (χ0) is 94.9. The van der Waals surface area contributed by atoms with Crippen molar-refractivity contribution in [3.05, 3.63) is 141 Å². The number of carboxylic acid groups (broad SMARTS) is 3. The minimum absolute atomic E-state index is 0.00989. The van der Waals surface area contributed by atoms with Crippen molar-refractivity contribution in [2.75, 3.05) is 105 Å². The van der Waals surface area contributed by atoms with Gasteiger partial charge in [0.05, 0.1) is 111 Å². The number of cyclic esters (lactones) is 1. The number of aryl methyl sites for hydroxylation is 1. The monoisotopic (exact) mass is 1860 g/mol. The number of aliphatic carboxylic acids is 3. The summed E-state index contributed by atoms with van der Waals surface area (Å²) in [5.41, 5.74) is 4.84. The van der Waals surface area contributed by atoms with Crippen LogP contribution in [0, 0.1) is 11.8 Å². The SMILES string of the molecule is CCCNC(=O)Nc1cccc(S(=O)(=O)Nc2cccc([C@@H](CC(=O)O)NC(=O)Nc3ccc(NC(=O)NCCNC(=O)CCCC(=O)NNSCC(CC(=O)O)C(=O)NCC(=O)NCCOCCOCCOCCC(=O)N[C@@H](CC(=O)O)C(=O)N4CCC[C@H]4C(=O)N[C@H](C(=O)O[C@]4(CC)C(=O)OCc5c4cc4n(c5=O)Cc5c-4nc4ccccc4c5CC)C(C)C)cc3)c2)c1. The molecule has 3 aliphatic heterocycles. The number of fused-ring (bicyclic) bond motifs is 5. The summed E-state index contributed by atoms with van der Waals surface area (Å²) in [6.45, 7) is 8.82. The molecule has 9 rings (SSSR count). The molecule has 1 unspecified atom stereocenters. The van der Waals surface area contributed by atoms with E-state index in [1.54, 1.807) is 31.4 Å². The van der Waals surface area contributed by atoms with Gasteiger partial charge in [0.1, 0.15) is 24.7 Å². The van der Waals surface area contributed by atoms with E-state index in [1.807, 2.05) is 38.1 Å². The number of nitrogens with zero attached hydrogens (tertiary/aromatic N) is 3. The number of urea groups is 3. The van der Waals surface area contributed by atoms with Crippen LogP contribution in [0.2, 0.25) is 0 Å². The first-order valence-corrected chi connectivity index (χ1v) is 45.0. The Kier molecular flexibility index (Phi) is 38.2. The van der Waals surface area contributed by atoms with Crippen LogP contribution in [0.25, 0.3) is 22.3 Å². The van der Waals surface area contributed by atoms with Crippen LogP contribution in [-0.4, -0.2) is 230 Å². The minimum Gasteiger partial charge on any atom is -0.481 e. The molecule has 13 amide bonds. The molecule has 0 spiro atoms. The highest BCUT2D eigenvalue weighted by Gasteiger charge is 2.52. The average Bonchev–Trinajstić information content (AvgIpc) is 1.69. The van der Waals surface area contributed by atoms with Gasteiger partial charge >= 0.3 is 47.9 Å². The summed E-state index contributed by atoms with van der Waals surface area (Å²) in [5.74, 6) is -12.5. The van der Waals surface area contributed by atoms with Gasteiger partial charge in [-0.05, 0) is 122 Å². The molecule has 5 heterocycles. The van der Waals surface area contributed by atoms with Gasteiger partial charge in [-0.15, -0.1) is 0 Å². The standard InChI is InChI=1S/C86H109N17O26S2/c1-6-29-89-83(120)94-55-16-12-18-57(42-55)131(123,124)100-56-17-11-15-51(40-56)64(44-73(110)111)97-85(122)93-54-26-24-53(25-27-54)92-84(121)90-31-30-87-68(104)22-13-23-70(106)99-101-130-49-52(41-72(108)109)77(114)91-46-71(107)88-32-35-126-37-39-127-38-36-125-34-28-69(105)95-65(45-74(112)113)80(117)102-33-14-21-66(102)78(115)98-75(50(4)5)81(118)129-86(8-3)62-43-67-76-60(47-103(67)79(116)61(62)48-128-82(86)119)58(7-2)59-19-9-10-20-63(59)96-76/h9-12,15-20,24-27,40,42-43,50,52,64-66,75,100-101H,6-8,13-14,21-23,28-39,41,44-49H2,1-5H3,(H,87,104)(H,88,107)(H,91,114)(H,95,105)(H,98,115)(H,99,106)(H,108,109)(H,110,111)(H,112,113)(H2,89,94,120)(H2,90,92,121)(H2,93,97,122)/t52?,64-,65+,66+,75+,86+/m1/s1. The first-order valence-electron chi connectivity index (χ1n) is 42.5. The van der Waals surface area contributed by atoms with Crippen LogP contribution >= 0.6 is 11.9 Å². The maximum Gasteiger partial charge on any atom is 0.355 e. The summed E-state index contributed by atoms with van der Waals surface area (Å²) in [6.07, 6.45) is -0.693. The van der Waals surface area contributed by atoms with E-state index in [9.17, 15) is 100 Å². The average molecular weight is 1860 g/mol. The van der Waals surface area contributed by atoms with E-state index < -0.39 is 172 Å². The first kappa shape index (κ1) is 101. The summed E-state index contributed by atoms with van der Waals surface area (Å²) in [6, 6.07) is 19.2. The molecule has 0 aliphatic carbocycles. The number of sulfonamides is 1. The number of carboxylic acids is 3. The Hall–Kier alpha value is -13.4. The molecule has 0 bridgehead atoms. The minimum atomic E-state index is -4.21. The predicted octanol–water partition coefficient (Wildman–Crippen LogP) is 4.09. The molecule has 17 N–H and O–H groups in total. The molecular weight excluding hydrogens is 1750 g/mol.